The highest BCUT2D eigenvalue weighted by molar-refractivity contribution is 8.13. The Morgan fingerprint density at radius 3 is 3.00 bits per heavy atom. The summed E-state index contributed by atoms with van der Waals surface area (Å²) < 4.78 is 0. The van der Waals surface area contributed by atoms with E-state index < -0.39 is 0 Å². The van der Waals surface area contributed by atoms with Crippen LogP contribution < -0.4 is 5.43 Å². The fourth-order valence-corrected chi connectivity index (χ4v) is 2.16. The van der Waals surface area contributed by atoms with E-state index in [1.807, 2.05) is 30.9 Å². The zero-order valence-corrected chi connectivity index (χ0v) is 8.82. The van der Waals surface area contributed by atoms with Crippen molar-refractivity contribution in [2.45, 2.75) is 25.8 Å². The Kier molecular flexibility index (Phi) is 3.88. The lowest BCUT2D eigenvalue weighted by Gasteiger charge is -2.22. The maximum atomic E-state index is 4.57. The molecule has 1 N–H and O–H groups in total. The van der Waals surface area contributed by atoms with E-state index >= 15 is 0 Å². The molecule has 0 bridgehead atoms. The van der Waals surface area contributed by atoms with Crippen molar-refractivity contribution in [2.24, 2.45) is 4.99 Å². The molecule has 0 saturated carbocycles. The van der Waals surface area contributed by atoms with Crippen molar-refractivity contribution in [1.29, 1.82) is 0 Å². The van der Waals surface area contributed by atoms with Gasteiger partial charge in [-0.2, -0.15) is 0 Å². The zero-order valence-electron chi connectivity index (χ0n) is 8.00. The first-order valence-electron chi connectivity index (χ1n) is 4.37. The molecule has 1 rings (SSSR count). The third kappa shape index (κ3) is 3.03. The van der Waals surface area contributed by atoms with Crippen LogP contribution in [0.2, 0.25) is 0 Å². The second-order valence-electron chi connectivity index (χ2n) is 3.14. The molecule has 0 aromatic carbocycles. The average molecular weight is 187 g/mol. The summed E-state index contributed by atoms with van der Waals surface area (Å²) in [4.78, 5) is 4.57. The Hall–Kier alpha value is -0.220. The molecule has 0 radical (unpaired) electrons. The van der Waals surface area contributed by atoms with Crippen molar-refractivity contribution in [3.8, 4) is 0 Å². The van der Waals surface area contributed by atoms with E-state index in [2.05, 4.69) is 17.3 Å². The Morgan fingerprint density at radius 1 is 1.67 bits per heavy atom. The van der Waals surface area contributed by atoms with Crippen molar-refractivity contribution < 1.29 is 0 Å². The van der Waals surface area contributed by atoms with Gasteiger partial charge in [0.25, 0.3) is 0 Å². The van der Waals surface area contributed by atoms with Crippen LogP contribution in [-0.2, 0) is 0 Å². The first kappa shape index (κ1) is 9.86. The van der Waals surface area contributed by atoms with Crippen molar-refractivity contribution in [3.63, 3.8) is 0 Å². The molecule has 1 aliphatic heterocycles. The van der Waals surface area contributed by atoms with E-state index in [9.17, 15) is 0 Å². The van der Waals surface area contributed by atoms with Gasteiger partial charge in [-0.3, -0.25) is 10.4 Å². The molecule has 0 amide bonds. The molecule has 4 heteroatoms. The van der Waals surface area contributed by atoms with E-state index in [1.54, 1.807) is 0 Å². The normalized spacial score (nSPS) is 24.0. The van der Waals surface area contributed by atoms with E-state index in [0.29, 0.717) is 6.04 Å². The molecule has 1 aliphatic rings. The van der Waals surface area contributed by atoms with Gasteiger partial charge in [-0.1, -0.05) is 18.7 Å². The summed E-state index contributed by atoms with van der Waals surface area (Å²) in [6.07, 6.45) is 2.37. The summed E-state index contributed by atoms with van der Waals surface area (Å²) in [5, 5.41) is 3.00. The van der Waals surface area contributed by atoms with E-state index in [1.165, 1.54) is 12.2 Å². The van der Waals surface area contributed by atoms with Crippen LogP contribution in [0.1, 0.15) is 19.8 Å². The van der Waals surface area contributed by atoms with Crippen LogP contribution in [-0.4, -0.2) is 36.1 Å². The van der Waals surface area contributed by atoms with Gasteiger partial charge in [0.2, 0.25) is 0 Å². The number of nitrogens with zero attached hydrogens (tertiary/aromatic N) is 2. The van der Waals surface area contributed by atoms with Gasteiger partial charge in [-0.05, 0) is 12.8 Å². The summed E-state index contributed by atoms with van der Waals surface area (Å²) in [6.45, 7) is 2.19. The van der Waals surface area contributed by atoms with Crippen LogP contribution in [0, 0.1) is 0 Å². The van der Waals surface area contributed by atoms with Crippen LogP contribution in [0.15, 0.2) is 4.99 Å². The summed E-state index contributed by atoms with van der Waals surface area (Å²) in [7, 11) is 3.97. The van der Waals surface area contributed by atoms with Gasteiger partial charge in [0, 0.05) is 19.8 Å². The molecule has 1 heterocycles. The number of hydrogen-bond acceptors (Lipinski definition) is 4. The van der Waals surface area contributed by atoms with Crippen LogP contribution in [0.3, 0.4) is 0 Å². The van der Waals surface area contributed by atoms with Crippen LogP contribution in [0.4, 0.5) is 0 Å². The molecule has 0 fully saturated rings. The lowest BCUT2D eigenvalue weighted by Crippen LogP contribution is -2.36. The van der Waals surface area contributed by atoms with Gasteiger partial charge in [-0.15, -0.1) is 0 Å². The third-order valence-electron chi connectivity index (χ3n) is 1.78. The van der Waals surface area contributed by atoms with E-state index in [4.69, 9.17) is 0 Å². The quantitative estimate of drug-likeness (QED) is 0.661. The van der Waals surface area contributed by atoms with Gasteiger partial charge in [0.1, 0.15) is 0 Å². The van der Waals surface area contributed by atoms with Gasteiger partial charge in [0.15, 0.2) is 5.17 Å². The summed E-state index contributed by atoms with van der Waals surface area (Å²) in [6, 6.07) is 0.536. The smallest absolute Gasteiger partial charge is 0.171 e. The fraction of sp³-hybridized carbons (Fsp3) is 0.875. The highest BCUT2D eigenvalue weighted by atomic mass is 32.2. The minimum atomic E-state index is 0.536. The first-order valence-corrected chi connectivity index (χ1v) is 5.35. The zero-order chi connectivity index (χ0) is 8.97. The van der Waals surface area contributed by atoms with Crippen molar-refractivity contribution >= 4 is 16.9 Å². The minimum absolute atomic E-state index is 0.536. The number of hydrazine groups is 1. The predicted molar refractivity (Wildman–Crippen MR) is 55.4 cm³/mol. The maximum absolute atomic E-state index is 4.57. The van der Waals surface area contributed by atoms with Crippen molar-refractivity contribution in [1.82, 2.24) is 10.4 Å². The SMILES string of the molecule is CCC1CCSC(NN(C)C)=N1. The lowest BCUT2D eigenvalue weighted by atomic mass is 10.2. The van der Waals surface area contributed by atoms with Crippen molar-refractivity contribution in [2.75, 3.05) is 19.8 Å². The van der Waals surface area contributed by atoms with Crippen LogP contribution in [0.5, 0.6) is 0 Å². The number of amidine groups is 1. The van der Waals surface area contributed by atoms with Gasteiger partial charge < -0.3 is 0 Å². The molecule has 1 atom stereocenters. The lowest BCUT2D eigenvalue weighted by molar-refractivity contribution is 0.364. The standard InChI is InChI=1S/C8H17N3S/c1-4-7-5-6-12-8(9-7)10-11(2)3/h7H,4-6H2,1-3H3,(H,9,10). The average Bonchev–Trinajstić information content (AvgIpc) is 2.03. The largest absolute Gasteiger partial charge is 0.298 e. The summed E-state index contributed by atoms with van der Waals surface area (Å²) in [5.41, 5.74) is 3.19. The molecule has 12 heavy (non-hydrogen) atoms. The monoisotopic (exact) mass is 187 g/mol. The molecule has 0 spiro atoms. The number of rotatable bonds is 2. The highest BCUT2D eigenvalue weighted by Crippen LogP contribution is 2.17. The Morgan fingerprint density at radius 2 is 2.42 bits per heavy atom. The minimum Gasteiger partial charge on any atom is -0.298 e. The predicted octanol–water partition coefficient (Wildman–Crippen LogP) is 1.32. The molecule has 0 aliphatic carbocycles. The van der Waals surface area contributed by atoms with E-state index in [-0.39, 0.29) is 0 Å². The van der Waals surface area contributed by atoms with Gasteiger partial charge in [0.05, 0.1) is 6.04 Å². The maximum Gasteiger partial charge on any atom is 0.171 e. The Labute approximate surface area is 78.6 Å². The Bertz CT molecular complexity index is 168. The number of nitrogens with one attached hydrogen (secondary N) is 1. The third-order valence-corrected chi connectivity index (χ3v) is 2.69. The molecule has 3 nitrogen and oxygen atoms in total. The number of aliphatic imine (C=N–C) groups is 1. The highest BCUT2D eigenvalue weighted by Gasteiger charge is 2.13. The molecule has 0 saturated heterocycles. The molecule has 0 aromatic rings. The summed E-state index contributed by atoms with van der Waals surface area (Å²) in [5.74, 6) is 1.19. The van der Waals surface area contributed by atoms with Crippen LogP contribution >= 0.6 is 11.8 Å². The molecule has 1 unspecified atom stereocenters. The Balaban J connectivity index is 2.45. The van der Waals surface area contributed by atoms with E-state index in [0.717, 1.165) is 11.6 Å². The first-order chi connectivity index (χ1) is 5.72. The molecule has 0 aromatic heterocycles. The molecular formula is C8H17N3S. The van der Waals surface area contributed by atoms with Crippen LogP contribution in [0.25, 0.3) is 0 Å². The molecular weight excluding hydrogens is 170 g/mol. The topological polar surface area (TPSA) is 27.6 Å². The number of thioether (sulfide) groups is 1. The van der Waals surface area contributed by atoms with Gasteiger partial charge >= 0.3 is 0 Å². The fourth-order valence-electron chi connectivity index (χ4n) is 1.11. The second-order valence-corrected chi connectivity index (χ2v) is 4.22. The van der Waals surface area contributed by atoms with Gasteiger partial charge in [-0.25, -0.2) is 5.01 Å². The second kappa shape index (κ2) is 4.72. The number of hydrogen-bond donors (Lipinski definition) is 1. The van der Waals surface area contributed by atoms with Crippen molar-refractivity contribution in [3.05, 3.63) is 0 Å². The molecule has 70 valence electrons. The summed E-state index contributed by atoms with van der Waals surface area (Å²) >= 11 is 1.81.